The highest BCUT2D eigenvalue weighted by Crippen LogP contribution is 2.35. The summed E-state index contributed by atoms with van der Waals surface area (Å²) in [5.74, 6) is 1.28. The second-order valence-corrected chi connectivity index (χ2v) is 6.04. The minimum Gasteiger partial charge on any atom is -0.454 e. The molecule has 1 amide bonds. The van der Waals surface area contributed by atoms with Crippen LogP contribution in [0.25, 0.3) is 11.1 Å². The molecule has 6 heteroatoms. The Kier molecular flexibility index (Phi) is 5.98. The van der Waals surface area contributed by atoms with Gasteiger partial charge in [-0.2, -0.15) is 0 Å². The maximum Gasteiger partial charge on any atom is 0.253 e. The van der Waals surface area contributed by atoms with Gasteiger partial charge in [-0.1, -0.05) is 27.3 Å². The molecule has 134 valence electrons. The Balaban J connectivity index is 0.00000225. The molecule has 0 radical (unpaired) electrons. The van der Waals surface area contributed by atoms with Gasteiger partial charge in [-0.05, 0) is 29.7 Å². The number of amides is 1. The number of aromatic nitrogens is 1. The van der Waals surface area contributed by atoms with Crippen LogP contribution in [0.2, 0.25) is 0 Å². The molecule has 1 atom stereocenters. The predicted molar refractivity (Wildman–Crippen MR) is 95.7 cm³/mol. The predicted octanol–water partition coefficient (Wildman–Crippen LogP) is 2.86. The Morgan fingerprint density at radius 3 is 2.68 bits per heavy atom. The largest absolute Gasteiger partial charge is 0.454 e. The number of rotatable bonds is 5. The average molecular weight is 344 g/mol. The highest BCUT2D eigenvalue weighted by molar-refractivity contribution is 5.95. The van der Waals surface area contributed by atoms with E-state index < -0.39 is 0 Å². The Morgan fingerprint density at radius 1 is 1.20 bits per heavy atom. The molecular weight excluding hydrogens is 320 g/mol. The number of pyridine rings is 1. The van der Waals surface area contributed by atoms with Crippen LogP contribution < -0.4 is 14.8 Å². The standard InChI is InChI=1S/C18H20N2O4.CH4/c1-11(2)15(9-21)20-18(22)14-5-13(7-19-8-14)12-3-4-16-17(6-12)24-10-23-16;/h3-8,11,15,21H,9-10H2,1-2H3,(H,20,22);1H4. The van der Waals surface area contributed by atoms with Gasteiger partial charge in [-0.15, -0.1) is 0 Å². The molecule has 3 rings (SSSR count). The first-order valence-electron chi connectivity index (χ1n) is 7.85. The van der Waals surface area contributed by atoms with Crippen LogP contribution in [0.5, 0.6) is 11.5 Å². The molecule has 25 heavy (non-hydrogen) atoms. The fourth-order valence-electron chi connectivity index (χ4n) is 2.47. The zero-order valence-electron chi connectivity index (χ0n) is 13.7. The van der Waals surface area contributed by atoms with Gasteiger partial charge in [0.05, 0.1) is 18.2 Å². The third-order valence-electron chi connectivity index (χ3n) is 4.02. The number of hydrogen-bond donors (Lipinski definition) is 2. The number of nitrogens with zero attached hydrogens (tertiary/aromatic N) is 1. The molecule has 0 aliphatic carbocycles. The third kappa shape index (κ3) is 4.09. The van der Waals surface area contributed by atoms with Crippen LogP contribution in [0, 0.1) is 5.92 Å². The summed E-state index contributed by atoms with van der Waals surface area (Å²) in [5.41, 5.74) is 2.15. The number of ether oxygens (including phenoxy) is 2. The van der Waals surface area contributed by atoms with E-state index >= 15 is 0 Å². The number of aliphatic hydroxyl groups is 1. The Morgan fingerprint density at radius 2 is 1.96 bits per heavy atom. The Hall–Kier alpha value is -2.60. The summed E-state index contributed by atoms with van der Waals surface area (Å²) in [6.07, 6.45) is 3.21. The summed E-state index contributed by atoms with van der Waals surface area (Å²) in [4.78, 5) is 16.5. The van der Waals surface area contributed by atoms with Crippen LogP contribution >= 0.6 is 0 Å². The zero-order chi connectivity index (χ0) is 17.1. The van der Waals surface area contributed by atoms with Crippen molar-refractivity contribution in [3.05, 3.63) is 42.2 Å². The molecule has 0 spiro atoms. The highest BCUT2D eigenvalue weighted by atomic mass is 16.7. The van der Waals surface area contributed by atoms with Crippen LogP contribution in [-0.2, 0) is 0 Å². The van der Waals surface area contributed by atoms with Crippen molar-refractivity contribution in [2.24, 2.45) is 5.92 Å². The molecule has 0 bridgehead atoms. The molecule has 2 N–H and O–H groups in total. The van der Waals surface area contributed by atoms with Gasteiger partial charge in [0.15, 0.2) is 11.5 Å². The number of carbonyl (C=O) groups excluding carboxylic acids is 1. The quantitative estimate of drug-likeness (QED) is 0.872. The number of carbonyl (C=O) groups is 1. The lowest BCUT2D eigenvalue weighted by Crippen LogP contribution is -2.41. The van der Waals surface area contributed by atoms with E-state index in [4.69, 9.17) is 9.47 Å². The molecule has 0 saturated heterocycles. The van der Waals surface area contributed by atoms with Crippen LogP contribution in [-0.4, -0.2) is 35.4 Å². The van der Waals surface area contributed by atoms with E-state index in [2.05, 4.69) is 10.3 Å². The minimum atomic E-state index is -0.285. The van der Waals surface area contributed by atoms with Crippen molar-refractivity contribution < 1.29 is 19.4 Å². The lowest BCUT2D eigenvalue weighted by atomic mass is 10.0. The van der Waals surface area contributed by atoms with Gasteiger partial charge in [0.2, 0.25) is 6.79 Å². The first-order valence-corrected chi connectivity index (χ1v) is 7.85. The number of fused-ring (bicyclic) bond motifs is 1. The van der Waals surface area contributed by atoms with Gasteiger partial charge in [0.1, 0.15) is 0 Å². The Bertz CT molecular complexity index is 746. The molecule has 1 aromatic heterocycles. The first kappa shape index (κ1) is 18.7. The average Bonchev–Trinajstić information content (AvgIpc) is 3.07. The lowest BCUT2D eigenvalue weighted by molar-refractivity contribution is 0.0896. The summed E-state index contributed by atoms with van der Waals surface area (Å²) >= 11 is 0. The topological polar surface area (TPSA) is 80.7 Å². The number of benzene rings is 1. The van der Waals surface area contributed by atoms with Gasteiger partial charge >= 0.3 is 0 Å². The van der Waals surface area contributed by atoms with E-state index in [0.29, 0.717) is 17.1 Å². The van der Waals surface area contributed by atoms with Crippen molar-refractivity contribution in [2.45, 2.75) is 27.3 Å². The van der Waals surface area contributed by atoms with Gasteiger partial charge in [0.25, 0.3) is 5.91 Å². The summed E-state index contributed by atoms with van der Waals surface area (Å²) < 4.78 is 10.7. The van der Waals surface area contributed by atoms with Crippen LogP contribution in [0.3, 0.4) is 0 Å². The molecule has 6 nitrogen and oxygen atoms in total. The molecule has 1 aliphatic heterocycles. The molecule has 1 aliphatic rings. The third-order valence-corrected chi connectivity index (χ3v) is 4.02. The van der Waals surface area contributed by atoms with E-state index in [-0.39, 0.29) is 38.7 Å². The number of aliphatic hydroxyl groups excluding tert-OH is 1. The van der Waals surface area contributed by atoms with E-state index in [1.165, 1.54) is 6.20 Å². The fourth-order valence-corrected chi connectivity index (χ4v) is 2.47. The van der Waals surface area contributed by atoms with Crippen LogP contribution in [0.1, 0.15) is 31.6 Å². The van der Waals surface area contributed by atoms with E-state index in [9.17, 15) is 9.90 Å². The van der Waals surface area contributed by atoms with Crippen molar-refractivity contribution >= 4 is 5.91 Å². The maximum atomic E-state index is 12.4. The molecule has 1 aromatic carbocycles. The minimum absolute atomic E-state index is 0. The monoisotopic (exact) mass is 344 g/mol. The van der Waals surface area contributed by atoms with Gasteiger partial charge in [-0.25, -0.2) is 0 Å². The van der Waals surface area contributed by atoms with Crippen molar-refractivity contribution in [1.29, 1.82) is 0 Å². The van der Waals surface area contributed by atoms with Gasteiger partial charge < -0.3 is 19.9 Å². The Labute approximate surface area is 147 Å². The molecule has 2 heterocycles. The molecule has 0 saturated carbocycles. The van der Waals surface area contributed by atoms with E-state index in [0.717, 1.165) is 11.1 Å². The number of nitrogens with one attached hydrogen (secondary N) is 1. The van der Waals surface area contributed by atoms with Crippen LogP contribution in [0.4, 0.5) is 0 Å². The van der Waals surface area contributed by atoms with Crippen molar-refractivity contribution in [2.75, 3.05) is 13.4 Å². The normalized spacial score (nSPS) is 13.3. The van der Waals surface area contributed by atoms with E-state index in [1.54, 1.807) is 12.3 Å². The van der Waals surface area contributed by atoms with Gasteiger partial charge in [0, 0.05) is 18.0 Å². The van der Waals surface area contributed by atoms with Crippen molar-refractivity contribution in [1.82, 2.24) is 10.3 Å². The molecule has 0 fully saturated rings. The summed E-state index contributed by atoms with van der Waals surface area (Å²) in [5, 5.41) is 12.2. The summed E-state index contributed by atoms with van der Waals surface area (Å²) in [7, 11) is 0. The summed E-state index contributed by atoms with van der Waals surface area (Å²) in [6, 6.07) is 7.09. The molecule has 2 aromatic rings. The lowest BCUT2D eigenvalue weighted by Gasteiger charge is -2.19. The fraction of sp³-hybridized carbons (Fsp3) is 0.368. The van der Waals surface area contributed by atoms with Crippen molar-refractivity contribution in [3.8, 4) is 22.6 Å². The van der Waals surface area contributed by atoms with Crippen molar-refractivity contribution in [3.63, 3.8) is 0 Å². The second-order valence-electron chi connectivity index (χ2n) is 6.04. The van der Waals surface area contributed by atoms with E-state index in [1.807, 2.05) is 32.0 Å². The zero-order valence-corrected chi connectivity index (χ0v) is 13.7. The number of hydrogen-bond acceptors (Lipinski definition) is 5. The first-order chi connectivity index (χ1) is 11.6. The maximum absolute atomic E-state index is 12.4. The second kappa shape index (κ2) is 7.98. The summed E-state index contributed by atoms with van der Waals surface area (Å²) in [6.45, 7) is 4.01. The SMILES string of the molecule is C.CC(C)C(CO)NC(=O)c1cncc(-c2ccc3c(c2)OCO3)c1. The molecular formula is C19H24N2O4. The van der Waals surface area contributed by atoms with Crippen LogP contribution in [0.15, 0.2) is 36.7 Å². The smallest absolute Gasteiger partial charge is 0.253 e. The highest BCUT2D eigenvalue weighted by Gasteiger charge is 2.18. The molecule has 1 unspecified atom stereocenters. The van der Waals surface area contributed by atoms with Gasteiger partial charge in [-0.3, -0.25) is 9.78 Å².